The van der Waals surface area contributed by atoms with Crippen molar-refractivity contribution in [2.24, 2.45) is 0 Å². The van der Waals surface area contributed by atoms with Crippen LogP contribution >= 0.6 is 0 Å². The number of amides is 1. The number of hydrogen-bond donors (Lipinski definition) is 2. The van der Waals surface area contributed by atoms with Crippen molar-refractivity contribution >= 4 is 5.91 Å². The molecular weight excluding hydrogens is 204 g/mol. The highest BCUT2D eigenvalue weighted by Gasteiger charge is 2.30. The van der Waals surface area contributed by atoms with Gasteiger partial charge in [-0.25, -0.2) is 0 Å². The molecular formula is C12H20N2O2. The quantitative estimate of drug-likeness (QED) is 0.690. The van der Waals surface area contributed by atoms with Crippen LogP contribution in [0.2, 0.25) is 0 Å². The molecule has 0 bridgehead atoms. The van der Waals surface area contributed by atoms with E-state index < -0.39 is 0 Å². The molecule has 1 amide bonds. The normalized spacial score (nSPS) is 33.9. The summed E-state index contributed by atoms with van der Waals surface area (Å²) in [6, 6.07) is 0.143. The highest BCUT2D eigenvalue weighted by atomic mass is 16.5. The van der Waals surface area contributed by atoms with Crippen molar-refractivity contribution in [3.05, 3.63) is 12.2 Å². The first-order valence-corrected chi connectivity index (χ1v) is 6.03. The van der Waals surface area contributed by atoms with E-state index in [1.54, 1.807) is 7.11 Å². The van der Waals surface area contributed by atoms with E-state index in [2.05, 4.69) is 22.8 Å². The second-order valence-electron chi connectivity index (χ2n) is 4.53. The van der Waals surface area contributed by atoms with Gasteiger partial charge in [-0.2, -0.15) is 0 Å². The van der Waals surface area contributed by atoms with Crippen molar-refractivity contribution < 1.29 is 9.53 Å². The third-order valence-corrected chi connectivity index (χ3v) is 3.32. The number of methoxy groups -OCH3 is 1. The highest BCUT2D eigenvalue weighted by Crippen LogP contribution is 2.13. The summed E-state index contributed by atoms with van der Waals surface area (Å²) >= 11 is 0. The predicted octanol–water partition coefficient (Wildman–Crippen LogP) is 0.588. The minimum atomic E-state index is -0.0831. The number of carbonyl (C=O) groups excluding carboxylic acids is 1. The van der Waals surface area contributed by atoms with Gasteiger partial charge < -0.3 is 15.4 Å². The molecule has 2 N–H and O–H groups in total. The smallest absolute Gasteiger partial charge is 0.237 e. The summed E-state index contributed by atoms with van der Waals surface area (Å²) in [5.41, 5.74) is 0. The maximum atomic E-state index is 11.9. The van der Waals surface area contributed by atoms with E-state index in [0.717, 1.165) is 25.8 Å². The summed E-state index contributed by atoms with van der Waals surface area (Å²) in [4.78, 5) is 11.9. The molecule has 1 saturated heterocycles. The molecule has 4 nitrogen and oxygen atoms in total. The molecule has 4 heteroatoms. The van der Waals surface area contributed by atoms with Gasteiger partial charge >= 0.3 is 0 Å². The molecule has 0 unspecified atom stereocenters. The Labute approximate surface area is 96.4 Å². The van der Waals surface area contributed by atoms with Crippen LogP contribution in [-0.2, 0) is 9.53 Å². The van der Waals surface area contributed by atoms with Crippen LogP contribution in [0.4, 0.5) is 0 Å². The zero-order valence-corrected chi connectivity index (χ0v) is 9.74. The molecule has 1 aliphatic carbocycles. The van der Waals surface area contributed by atoms with Crippen molar-refractivity contribution in [2.75, 3.05) is 13.7 Å². The first kappa shape index (κ1) is 11.6. The van der Waals surface area contributed by atoms with E-state index >= 15 is 0 Å². The van der Waals surface area contributed by atoms with Crippen molar-refractivity contribution in [1.29, 1.82) is 0 Å². The SMILES string of the molecule is CO[C@@H]1CN[C@@H](C(=O)N[C@H]2C=CCCC2)C1. The predicted molar refractivity (Wildman–Crippen MR) is 62.1 cm³/mol. The average Bonchev–Trinajstić information content (AvgIpc) is 2.79. The van der Waals surface area contributed by atoms with Gasteiger partial charge in [-0.1, -0.05) is 12.2 Å². The number of hydrogen-bond acceptors (Lipinski definition) is 3. The molecule has 16 heavy (non-hydrogen) atoms. The number of nitrogens with one attached hydrogen (secondary N) is 2. The van der Waals surface area contributed by atoms with Crippen LogP contribution in [0, 0.1) is 0 Å². The molecule has 3 atom stereocenters. The zero-order chi connectivity index (χ0) is 11.4. The summed E-state index contributed by atoms with van der Waals surface area (Å²) in [5.74, 6) is 0.108. The van der Waals surface area contributed by atoms with Crippen molar-refractivity contribution in [2.45, 2.75) is 43.9 Å². The number of rotatable bonds is 3. The Hall–Kier alpha value is -0.870. The third kappa shape index (κ3) is 2.83. The lowest BCUT2D eigenvalue weighted by molar-refractivity contribution is -0.123. The van der Waals surface area contributed by atoms with Gasteiger partial charge in [-0.05, 0) is 25.7 Å². The number of allylic oxidation sites excluding steroid dienone is 1. The number of ether oxygens (including phenoxy) is 1. The van der Waals surface area contributed by atoms with Gasteiger partial charge in [0.2, 0.25) is 5.91 Å². The van der Waals surface area contributed by atoms with Crippen LogP contribution in [-0.4, -0.2) is 37.7 Å². The van der Waals surface area contributed by atoms with E-state index in [4.69, 9.17) is 4.74 Å². The molecule has 2 rings (SSSR count). The van der Waals surface area contributed by atoms with Gasteiger partial charge in [0.1, 0.15) is 0 Å². The Morgan fingerprint density at radius 2 is 2.44 bits per heavy atom. The second-order valence-corrected chi connectivity index (χ2v) is 4.53. The fourth-order valence-electron chi connectivity index (χ4n) is 2.30. The molecule has 1 fully saturated rings. The lowest BCUT2D eigenvalue weighted by atomic mass is 10.0. The molecule has 1 heterocycles. The van der Waals surface area contributed by atoms with Crippen LogP contribution < -0.4 is 10.6 Å². The first-order valence-electron chi connectivity index (χ1n) is 6.03. The van der Waals surface area contributed by atoms with Crippen molar-refractivity contribution in [1.82, 2.24) is 10.6 Å². The Morgan fingerprint density at radius 1 is 1.56 bits per heavy atom. The van der Waals surface area contributed by atoms with E-state index in [0.29, 0.717) is 0 Å². The molecule has 0 aromatic carbocycles. The monoisotopic (exact) mass is 224 g/mol. The summed E-state index contributed by atoms with van der Waals surface area (Å²) in [6.07, 6.45) is 8.57. The molecule has 0 saturated carbocycles. The van der Waals surface area contributed by atoms with Gasteiger partial charge in [0, 0.05) is 19.7 Å². The van der Waals surface area contributed by atoms with Crippen LogP contribution in [0.15, 0.2) is 12.2 Å². The zero-order valence-electron chi connectivity index (χ0n) is 9.74. The van der Waals surface area contributed by atoms with E-state index in [9.17, 15) is 4.79 Å². The lowest BCUT2D eigenvalue weighted by Crippen LogP contribution is -2.44. The molecule has 0 spiro atoms. The average molecular weight is 224 g/mol. The first-order chi connectivity index (χ1) is 7.79. The summed E-state index contributed by atoms with van der Waals surface area (Å²) in [5, 5.41) is 6.25. The Morgan fingerprint density at radius 3 is 3.06 bits per heavy atom. The van der Waals surface area contributed by atoms with Crippen molar-refractivity contribution in [3.8, 4) is 0 Å². The van der Waals surface area contributed by atoms with Crippen LogP contribution in [0.5, 0.6) is 0 Å². The van der Waals surface area contributed by atoms with Crippen LogP contribution in [0.3, 0.4) is 0 Å². The Kier molecular flexibility index (Phi) is 3.96. The highest BCUT2D eigenvalue weighted by molar-refractivity contribution is 5.82. The lowest BCUT2D eigenvalue weighted by Gasteiger charge is -2.20. The van der Waals surface area contributed by atoms with Gasteiger partial charge in [-0.3, -0.25) is 4.79 Å². The molecule has 90 valence electrons. The van der Waals surface area contributed by atoms with Gasteiger partial charge in [0.15, 0.2) is 0 Å². The Bertz CT molecular complexity index is 278. The molecule has 0 radical (unpaired) electrons. The summed E-state index contributed by atoms with van der Waals surface area (Å²) in [6.45, 7) is 0.773. The van der Waals surface area contributed by atoms with E-state index in [-0.39, 0.29) is 24.1 Å². The minimum absolute atomic E-state index is 0.0831. The maximum Gasteiger partial charge on any atom is 0.237 e. The van der Waals surface area contributed by atoms with Gasteiger partial charge in [0.25, 0.3) is 0 Å². The fraction of sp³-hybridized carbons (Fsp3) is 0.750. The third-order valence-electron chi connectivity index (χ3n) is 3.32. The molecule has 0 aromatic heterocycles. The van der Waals surface area contributed by atoms with E-state index in [1.807, 2.05) is 0 Å². The standard InChI is InChI=1S/C12H20N2O2/c1-16-10-7-11(13-8-10)12(15)14-9-5-3-2-4-6-9/h3,5,9-11,13H,2,4,6-8H2,1H3,(H,14,15)/t9-,10-,11+/m0/s1. The number of carbonyl (C=O) groups is 1. The van der Waals surface area contributed by atoms with Gasteiger partial charge in [-0.15, -0.1) is 0 Å². The van der Waals surface area contributed by atoms with E-state index in [1.165, 1.54) is 6.42 Å². The van der Waals surface area contributed by atoms with Gasteiger partial charge in [0.05, 0.1) is 12.1 Å². The molecule has 0 aromatic rings. The van der Waals surface area contributed by atoms with Crippen molar-refractivity contribution in [3.63, 3.8) is 0 Å². The fourth-order valence-corrected chi connectivity index (χ4v) is 2.30. The molecule has 1 aliphatic heterocycles. The second kappa shape index (κ2) is 5.46. The van der Waals surface area contributed by atoms with Crippen LogP contribution in [0.1, 0.15) is 25.7 Å². The van der Waals surface area contributed by atoms with Crippen LogP contribution in [0.25, 0.3) is 0 Å². The summed E-state index contributed by atoms with van der Waals surface area (Å²) < 4.78 is 5.23. The topological polar surface area (TPSA) is 50.4 Å². The largest absolute Gasteiger partial charge is 0.380 e. The molecule has 2 aliphatic rings. The Balaban J connectivity index is 1.79. The minimum Gasteiger partial charge on any atom is -0.380 e. The maximum absolute atomic E-state index is 11.9. The summed E-state index contributed by atoms with van der Waals surface area (Å²) in [7, 11) is 1.69.